The molecule has 0 aliphatic rings. The average Bonchev–Trinajstić information content (AvgIpc) is 2.90. The molecule has 0 aliphatic carbocycles. The summed E-state index contributed by atoms with van der Waals surface area (Å²) in [6, 6.07) is 9.49. The lowest BCUT2D eigenvalue weighted by Crippen LogP contribution is -2.11. The van der Waals surface area contributed by atoms with Crippen molar-refractivity contribution in [3.63, 3.8) is 0 Å². The molecule has 0 spiro atoms. The molecule has 1 aromatic carbocycles. The predicted molar refractivity (Wildman–Crippen MR) is 71.0 cm³/mol. The molecule has 100 valence electrons. The molecular weight excluding hydrogens is 301 g/mol. The summed E-state index contributed by atoms with van der Waals surface area (Å²) in [5, 5.41) is 17.4. The number of halogens is 1. The van der Waals surface area contributed by atoms with Crippen molar-refractivity contribution in [3.8, 4) is 12.1 Å². The number of nitriles is 2. The van der Waals surface area contributed by atoms with Crippen LogP contribution in [-0.4, -0.2) is 8.42 Å². The first-order valence-corrected chi connectivity index (χ1v) is 7.48. The fourth-order valence-electron chi connectivity index (χ4n) is 1.40. The Bertz CT molecular complexity index is 844. The van der Waals surface area contributed by atoms with Crippen LogP contribution in [0.25, 0.3) is 0 Å². The summed E-state index contributed by atoms with van der Waals surface area (Å²) >= 11 is 0.822. The number of nitrogens with one attached hydrogen (secondary N) is 1. The summed E-state index contributed by atoms with van der Waals surface area (Å²) in [6.45, 7) is 0. The largest absolute Gasteiger partial charge is 0.279 e. The zero-order valence-electron chi connectivity index (χ0n) is 9.79. The molecule has 0 unspecified atom stereocenters. The van der Waals surface area contributed by atoms with Gasteiger partial charge in [0.1, 0.15) is 27.0 Å². The van der Waals surface area contributed by atoms with E-state index in [1.54, 1.807) is 6.07 Å². The molecule has 0 saturated carbocycles. The smallest absolute Gasteiger partial charge is 0.271 e. The number of hydrogen-bond donors (Lipinski definition) is 1. The molecule has 0 amide bonds. The summed E-state index contributed by atoms with van der Waals surface area (Å²) in [7, 11) is -3.85. The van der Waals surface area contributed by atoms with Crippen molar-refractivity contribution in [2.45, 2.75) is 4.21 Å². The molecule has 0 radical (unpaired) electrons. The van der Waals surface area contributed by atoms with Crippen LogP contribution in [0.4, 0.5) is 10.1 Å². The van der Waals surface area contributed by atoms with Crippen LogP contribution < -0.4 is 4.72 Å². The molecule has 2 aromatic rings. The molecule has 1 aromatic heterocycles. The van der Waals surface area contributed by atoms with Crippen LogP contribution in [0, 0.1) is 28.5 Å². The van der Waals surface area contributed by atoms with Crippen molar-refractivity contribution < 1.29 is 12.8 Å². The van der Waals surface area contributed by atoms with Gasteiger partial charge < -0.3 is 0 Å². The summed E-state index contributed by atoms with van der Waals surface area (Å²) < 4.78 is 39.4. The van der Waals surface area contributed by atoms with E-state index in [2.05, 4.69) is 4.72 Å². The Morgan fingerprint density at radius 1 is 1.15 bits per heavy atom. The second-order valence-corrected chi connectivity index (χ2v) is 6.64. The van der Waals surface area contributed by atoms with Crippen LogP contribution >= 0.6 is 11.3 Å². The third kappa shape index (κ3) is 2.77. The lowest BCUT2D eigenvalue weighted by atomic mass is 10.2. The van der Waals surface area contributed by atoms with E-state index < -0.39 is 15.8 Å². The highest BCUT2D eigenvalue weighted by atomic mass is 32.2. The Kier molecular flexibility index (Phi) is 3.70. The van der Waals surface area contributed by atoms with E-state index in [0.29, 0.717) is 0 Å². The summed E-state index contributed by atoms with van der Waals surface area (Å²) in [4.78, 5) is 0.266. The van der Waals surface area contributed by atoms with Gasteiger partial charge in [-0.2, -0.15) is 10.5 Å². The van der Waals surface area contributed by atoms with E-state index in [1.807, 2.05) is 6.07 Å². The molecule has 1 heterocycles. The maximum atomic E-state index is 13.1. The van der Waals surface area contributed by atoms with Gasteiger partial charge in [-0.3, -0.25) is 4.72 Å². The third-order valence-electron chi connectivity index (χ3n) is 2.30. The van der Waals surface area contributed by atoms with Crippen LogP contribution in [0.5, 0.6) is 0 Å². The highest BCUT2D eigenvalue weighted by Gasteiger charge is 2.17. The standard InChI is InChI=1S/C12H6FN3O2S2/c13-11-3-1-9(5-8(11)6-14)16-20(17,18)12-4-2-10(7-15)19-12/h1-5,16H. The summed E-state index contributed by atoms with van der Waals surface area (Å²) in [5.41, 5.74) is -0.177. The van der Waals surface area contributed by atoms with Gasteiger partial charge in [0.15, 0.2) is 0 Å². The average molecular weight is 307 g/mol. The Morgan fingerprint density at radius 2 is 1.90 bits per heavy atom. The number of sulfonamides is 1. The molecule has 20 heavy (non-hydrogen) atoms. The van der Waals surface area contributed by atoms with E-state index in [-0.39, 0.29) is 20.3 Å². The second kappa shape index (κ2) is 5.29. The van der Waals surface area contributed by atoms with Crippen molar-refractivity contribution in [2.75, 3.05) is 4.72 Å². The van der Waals surface area contributed by atoms with Gasteiger partial charge in [-0.05, 0) is 30.3 Å². The van der Waals surface area contributed by atoms with Crippen molar-refractivity contribution in [2.24, 2.45) is 0 Å². The van der Waals surface area contributed by atoms with Crippen LogP contribution in [0.2, 0.25) is 0 Å². The molecule has 2 rings (SSSR count). The zero-order valence-corrected chi connectivity index (χ0v) is 11.4. The number of anilines is 1. The van der Waals surface area contributed by atoms with Gasteiger partial charge >= 0.3 is 0 Å². The molecule has 0 atom stereocenters. The van der Waals surface area contributed by atoms with Gasteiger partial charge in [0.05, 0.1) is 11.3 Å². The highest BCUT2D eigenvalue weighted by molar-refractivity contribution is 7.94. The van der Waals surface area contributed by atoms with E-state index >= 15 is 0 Å². The molecular formula is C12H6FN3O2S2. The number of thiophene rings is 1. The fraction of sp³-hybridized carbons (Fsp3) is 0. The zero-order chi connectivity index (χ0) is 14.8. The SMILES string of the molecule is N#Cc1ccc(S(=O)(=O)Nc2ccc(F)c(C#N)c2)s1. The number of benzene rings is 1. The maximum absolute atomic E-state index is 13.1. The van der Waals surface area contributed by atoms with Gasteiger partial charge in [0, 0.05) is 0 Å². The summed E-state index contributed by atoms with van der Waals surface area (Å²) in [5.74, 6) is -0.724. The predicted octanol–water partition coefficient (Wildman–Crippen LogP) is 2.43. The van der Waals surface area contributed by atoms with Gasteiger partial charge in [-0.1, -0.05) is 0 Å². The first-order chi connectivity index (χ1) is 9.46. The fourth-order valence-corrected chi connectivity index (χ4v) is 3.56. The van der Waals surface area contributed by atoms with Gasteiger partial charge in [-0.15, -0.1) is 11.3 Å². The maximum Gasteiger partial charge on any atom is 0.271 e. The molecule has 0 bridgehead atoms. The molecule has 8 heteroatoms. The van der Waals surface area contributed by atoms with Crippen molar-refractivity contribution in [1.29, 1.82) is 10.5 Å². The quantitative estimate of drug-likeness (QED) is 0.942. The van der Waals surface area contributed by atoms with Crippen LogP contribution in [0.15, 0.2) is 34.5 Å². The normalized spacial score (nSPS) is 10.6. The Balaban J connectivity index is 2.34. The van der Waals surface area contributed by atoms with Gasteiger partial charge in [-0.25, -0.2) is 12.8 Å². The number of hydrogen-bond acceptors (Lipinski definition) is 5. The Labute approximate surface area is 118 Å². The van der Waals surface area contributed by atoms with E-state index in [9.17, 15) is 12.8 Å². The topological polar surface area (TPSA) is 93.8 Å². The minimum absolute atomic E-state index is 0.0307. The van der Waals surface area contributed by atoms with Crippen LogP contribution in [0.1, 0.15) is 10.4 Å². The molecule has 0 saturated heterocycles. The second-order valence-electron chi connectivity index (χ2n) is 3.64. The molecule has 5 nitrogen and oxygen atoms in total. The Hall–Kier alpha value is -2.42. The van der Waals surface area contributed by atoms with E-state index in [1.165, 1.54) is 18.2 Å². The van der Waals surface area contributed by atoms with Crippen LogP contribution in [0.3, 0.4) is 0 Å². The molecule has 1 N–H and O–H groups in total. The minimum atomic E-state index is -3.85. The van der Waals surface area contributed by atoms with Gasteiger partial charge in [0.2, 0.25) is 0 Å². The number of nitrogens with zero attached hydrogens (tertiary/aromatic N) is 2. The van der Waals surface area contributed by atoms with E-state index in [0.717, 1.165) is 23.5 Å². The van der Waals surface area contributed by atoms with Crippen LogP contribution in [-0.2, 0) is 10.0 Å². The monoisotopic (exact) mass is 307 g/mol. The number of rotatable bonds is 3. The summed E-state index contributed by atoms with van der Waals surface area (Å²) in [6.07, 6.45) is 0. The van der Waals surface area contributed by atoms with Crippen molar-refractivity contribution in [3.05, 3.63) is 46.6 Å². The third-order valence-corrected chi connectivity index (χ3v) is 5.16. The molecule has 0 fully saturated rings. The van der Waals surface area contributed by atoms with E-state index in [4.69, 9.17) is 10.5 Å². The lowest BCUT2D eigenvalue weighted by molar-refractivity contribution is 0.603. The van der Waals surface area contributed by atoms with Gasteiger partial charge in [0.25, 0.3) is 10.0 Å². The molecule has 0 aliphatic heterocycles. The Morgan fingerprint density at radius 3 is 2.50 bits per heavy atom. The lowest BCUT2D eigenvalue weighted by Gasteiger charge is -2.06. The first-order valence-electron chi connectivity index (χ1n) is 5.18. The first kappa shape index (κ1) is 14.0. The van der Waals surface area contributed by atoms with Crippen molar-refractivity contribution >= 4 is 27.0 Å². The minimum Gasteiger partial charge on any atom is -0.279 e. The van der Waals surface area contributed by atoms with Crippen molar-refractivity contribution in [1.82, 2.24) is 0 Å². The highest BCUT2D eigenvalue weighted by Crippen LogP contribution is 2.24.